The molecular weight excluding hydrogens is 288 g/mol. The van der Waals surface area contributed by atoms with Crippen molar-refractivity contribution in [1.29, 1.82) is 0 Å². The summed E-state index contributed by atoms with van der Waals surface area (Å²) in [5, 5.41) is 12.1. The van der Waals surface area contributed by atoms with Gasteiger partial charge in [0.1, 0.15) is 5.01 Å². The fourth-order valence-corrected chi connectivity index (χ4v) is 3.31. The van der Waals surface area contributed by atoms with Crippen LogP contribution in [0.25, 0.3) is 0 Å². The van der Waals surface area contributed by atoms with Crippen molar-refractivity contribution in [1.82, 2.24) is 9.88 Å². The number of thiazole rings is 1. The molecule has 0 spiro atoms. The molecule has 21 heavy (non-hydrogen) atoms. The molecular formula is C15H16N2O3S. The molecule has 1 aromatic carbocycles. The molecule has 1 N–H and O–H groups in total. The van der Waals surface area contributed by atoms with E-state index < -0.39 is 5.97 Å². The summed E-state index contributed by atoms with van der Waals surface area (Å²) in [5.41, 5.74) is 3.69. The predicted octanol–water partition coefficient (Wildman–Crippen LogP) is 2.50. The van der Waals surface area contributed by atoms with Crippen molar-refractivity contribution in [3.8, 4) is 0 Å². The fraction of sp³-hybridized carbons (Fsp3) is 0.333. The third-order valence-corrected chi connectivity index (χ3v) is 4.36. The molecule has 0 radical (unpaired) electrons. The number of carboxylic acid groups (broad SMARTS) is 1. The number of methoxy groups -OCH3 is 1. The maximum Gasteiger partial charge on any atom is 0.335 e. The Bertz CT molecular complexity index is 669. The summed E-state index contributed by atoms with van der Waals surface area (Å²) in [6, 6.07) is 5.36. The number of hydrogen-bond acceptors (Lipinski definition) is 5. The maximum absolute atomic E-state index is 11.0. The molecule has 5 nitrogen and oxygen atoms in total. The van der Waals surface area contributed by atoms with Gasteiger partial charge in [0.15, 0.2) is 0 Å². The molecule has 0 saturated heterocycles. The van der Waals surface area contributed by atoms with E-state index in [4.69, 9.17) is 9.84 Å². The van der Waals surface area contributed by atoms with Gasteiger partial charge in [0.2, 0.25) is 0 Å². The molecule has 6 heteroatoms. The van der Waals surface area contributed by atoms with Crippen LogP contribution in [-0.2, 0) is 31.0 Å². The van der Waals surface area contributed by atoms with Crippen LogP contribution in [0.1, 0.15) is 32.2 Å². The number of benzene rings is 1. The zero-order valence-corrected chi connectivity index (χ0v) is 12.5. The Morgan fingerprint density at radius 3 is 3.00 bits per heavy atom. The number of fused-ring (bicyclic) bond motifs is 1. The number of nitrogens with zero attached hydrogens (tertiary/aromatic N) is 2. The average molecular weight is 304 g/mol. The number of carboxylic acids is 1. The van der Waals surface area contributed by atoms with Gasteiger partial charge in [0.05, 0.1) is 17.9 Å². The van der Waals surface area contributed by atoms with Crippen LogP contribution < -0.4 is 0 Å². The molecule has 2 heterocycles. The van der Waals surface area contributed by atoms with Crippen molar-refractivity contribution in [2.75, 3.05) is 7.11 Å². The Balaban J connectivity index is 1.68. The molecule has 0 fully saturated rings. The topological polar surface area (TPSA) is 62.7 Å². The minimum atomic E-state index is -0.875. The van der Waals surface area contributed by atoms with Gasteiger partial charge in [-0.05, 0) is 23.3 Å². The molecule has 3 rings (SSSR count). The second kappa shape index (κ2) is 5.93. The second-order valence-electron chi connectivity index (χ2n) is 5.10. The molecule has 2 aromatic rings. The minimum Gasteiger partial charge on any atom is -0.478 e. The summed E-state index contributed by atoms with van der Waals surface area (Å²) in [4.78, 5) is 17.8. The third-order valence-electron chi connectivity index (χ3n) is 3.49. The maximum atomic E-state index is 11.0. The van der Waals surface area contributed by atoms with Crippen LogP contribution in [0, 0.1) is 0 Å². The SMILES string of the molecule is COCc1nc(CN2Cc3ccc(C(=O)O)cc3C2)cs1. The van der Waals surface area contributed by atoms with Gasteiger partial charge in [-0.15, -0.1) is 11.3 Å². The van der Waals surface area contributed by atoms with Gasteiger partial charge >= 0.3 is 5.97 Å². The van der Waals surface area contributed by atoms with E-state index in [0.717, 1.165) is 35.9 Å². The molecule has 0 amide bonds. The van der Waals surface area contributed by atoms with E-state index >= 15 is 0 Å². The lowest BCUT2D eigenvalue weighted by Crippen LogP contribution is -2.15. The van der Waals surface area contributed by atoms with E-state index in [1.165, 1.54) is 5.56 Å². The van der Waals surface area contributed by atoms with E-state index in [9.17, 15) is 4.79 Å². The van der Waals surface area contributed by atoms with Crippen molar-refractivity contribution in [3.05, 3.63) is 51.0 Å². The van der Waals surface area contributed by atoms with Crippen molar-refractivity contribution in [2.45, 2.75) is 26.2 Å². The molecule has 0 saturated carbocycles. The van der Waals surface area contributed by atoms with Crippen LogP contribution in [0.5, 0.6) is 0 Å². The second-order valence-corrected chi connectivity index (χ2v) is 6.04. The van der Waals surface area contributed by atoms with Crippen LogP contribution in [0.3, 0.4) is 0 Å². The Labute approximate surface area is 126 Å². The van der Waals surface area contributed by atoms with E-state index in [1.54, 1.807) is 30.6 Å². The first kappa shape index (κ1) is 14.2. The lowest BCUT2D eigenvalue weighted by molar-refractivity contribution is 0.0696. The van der Waals surface area contributed by atoms with Crippen molar-refractivity contribution in [2.24, 2.45) is 0 Å². The van der Waals surface area contributed by atoms with Gasteiger partial charge in [0, 0.05) is 32.1 Å². The largest absolute Gasteiger partial charge is 0.478 e. The predicted molar refractivity (Wildman–Crippen MR) is 79.2 cm³/mol. The Morgan fingerprint density at radius 1 is 1.43 bits per heavy atom. The molecule has 1 aliphatic heterocycles. The number of aromatic nitrogens is 1. The van der Waals surface area contributed by atoms with E-state index in [1.807, 2.05) is 6.07 Å². The van der Waals surface area contributed by atoms with Crippen molar-refractivity contribution in [3.63, 3.8) is 0 Å². The number of aromatic carboxylic acids is 1. The Hall–Kier alpha value is -1.76. The molecule has 110 valence electrons. The van der Waals surface area contributed by atoms with Crippen LogP contribution in [0.4, 0.5) is 0 Å². The lowest BCUT2D eigenvalue weighted by Gasteiger charge is -2.12. The molecule has 1 aromatic heterocycles. The molecule has 0 bridgehead atoms. The van der Waals surface area contributed by atoms with Crippen LogP contribution in [-0.4, -0.2) is 28.1 Å². The van der Waals surface area contributed by atoms with Gasteiger partial charge in [-0.1, -0.05) is 6.07 Å². The minimum absolute atomic E-state index is 0.353. The number of ether oxygens (including phenoxy) is 1. The summed E-state index contributed by atoms with van der Waals surface area (Å²) in [7, 11) is 1.66. The summed E-state index contributed by atoms with van der Waals surface area (Å²) >= 11 is 1.61. The highest BCUT2D eigenvalue weighted by Gasteiger charge is 2.21. The smallest absolute Gasteiger partial charge is 0.335 e. The average Bonchev–Trinajstić information content (AvgIpc) is 3.04. The highest BCUT2D eigenvalue weighted by molar-refractivity contribution is 7.09. The first-order valence-electron chi connectivity index (χ1n) is 6.65. The Morgan fingerprint density at radius 2 is 2.24 bits per heavy atom. The number of hydrogen-bond donors (Lipinski definition) is 1. The zero-order valence-electron chi connectivity index (χ0n) is 11.7. The quantitative estimate of drug-likeness (QED) is 0.919. The number of rotatable bonds is 5. The first-order chi connectivity index (χ1) is 10.2. The number of carbonyl (C=O) groups is 1. The molecule has 1 aliphatic rings. The van der Waals surface area contributed by atoms with E-state index in [0.29, 0.717) is 12.2 Å². The van der Waals surface area contributed by atoms with Crippen molar-refractivity contribution < 1.29 is 14.6 Å². The zero-order chi connectivity index (χ0) is 14.8. The molecule has 0 atom stereocenters. The van der Waals surface area contributed by atoms with Crippen molar-refractivity contribution >= 4 is 17.3 Å². The van der Waals surface area contributed by atoms with Gasteiger partial charge in [0.25, 0.3) is 0 Å². The van der Waals surface area contributed by atoms with Crippen LogP contribution >= 0.6 is 11.3 Å². The monoisotopic (exact) mass is 304 g/mol. The third kappa shape index (κ3) is 3.12. The van der Waals surface area contributed by atoms with Gasteiger partial charge in [-0.2, -0.15) is 0 Å². The van der Waals surface area contributed by atoms with E-state index in [2.05, 4.69) is 15.3 Å². The normalized spacial score (nSPS) is 14.3. The molecule has 0 unspecified atom stereocenters. The highest BCUT2D eigenvalue weighted by Crippen LogP contribution is 2.25. The van der Waals surface area contributed by atoms with Gasteiger partial charge < -0.3 is 9.84 Å². The highest BCUT2D eigenvalue weighted by atomic mass is 32.1. The summed E-state index contributed by atoms with van der Waals surface area (Å²) in [6.45, 7) is 2.93. The van der Waals surface area contributed by atoms with Gasteiger partial charge in [-0.25, -0.2) is 9.78 Å². The van der Waals surface area contributed by atoms with E-state index in [-0.39, 0.29) is 0 Å². The fourth-order valence-electron chi connectivity index (χ4n) is 2.55. The van der Waals surface area contributed by atoms with Crippen LogP contribution in [0.15, 0.2) is 23.6 Å². The van der Waals surface area contributed by atoms with Crippen LogP contribution in [0.2, 0.25) is 0 Å². The Kier molecular flexibility index (Phi) is 4.01. The summed E-state index contributed by atoms with van der Waals surface area (Å²) in [5.74, 6) is -0.875. The summed E-state index contributed by atoms with van der Waals surface area (Å²) in [6.07, 6.45) is 0. The standard InChI is InChI=1S/C15H16N2O3S/c1-20-8-14-16-13(9-21-14)7-17-5-11-3-2-10(15(18)19)4-12(11)6-17/h2-4,9H,5-8H2,1H3,(H,18,19). The van der Waals surface area contributed by atoms with Gasteiger partial charge in [-0.3, -0.25) is 4.90 Å². The summed E-state index contributed by atoms with van der Waals surface area (Å²) < 4.78 is 5.08. The lowest BCUT2D eigenvalue weighted by atomic mass is 10.1. The first-order valence-corrected chi connectivity index (χ1v) is 7.53. The molecule has 0 aliphatic carbocycles.